The Bertz CT molecular complexity index is 1160. The molecule has 30 heavy (non-hydrogen) atoms. The number of alkyl halides is 4. The maximum atomic E-state index is 13.6. The van der Waals surface area contributed by atoms with Crippen LogP contribution in [0.4, 0.5) is 17.6 Å². The Morgan fingerprint density at radius 3 is 2.57 bits per heavy atom. The summed E-state index contributed by atoms with van der Waals surface area (Å²) in [6.45, 7) is 1.71. The van der Waals surface area contributed by atoms with Crippen LogP contribution >= 0.6 is 0 Å². The van der Waals surface area contributed by atoms with E-state index in [1.54, 1.807) is 37.3 Å². The Balaban J connectivity index is 1.88. The van der Waals surface area contributed by atoms with Gasteiger partial charge >= 0.3 is 0 Å². The van der Waals surface area contributed by atoms with Crippen molar-refractivity contribution in [2.24, 2.45) is 5.10 Å². The van der Waals surface area contributed by atoms with Crippen LogP contribution < -0.4 is 0 Å². The van der Waals surface area contributed by atoms with Crippen molar-refractivity contribution in [1.82, 2.24) is 9.99 Å². The zero-order valence-electron chi connectivity index (χ0n) is 15.5. The van der Waals surface area contributed by atoms with Gasteiger partial charge in [-0.3, -0.25) is 4.79 Å². The van der Waals surface area contributed by atoms with E-state index in [0.29, 0.717) is 17.0 Å². The number of carbonyl (C=O) groups is 1. The summed E-state index contributed by atoms with van der Waals surface area (Å²) in [6, 6.07) is 11.0. The van der Waals surface area contributed by atoms with Crippen molar-refractivity contribution in [1.29, 1.82) is 0 Å². The number of para-hydroxylation sites is 1. The fourth-order valence-corrected chi connectivity index (χ4v) is 3.27. The number of hydrazone groups is 1. The van der Waals surface area contributed by atoms with E-state index in [9.17, 15) is 27.5 Å². The van der Waals surface area contributed by atoms with Crippen molar-refractivity contribution in [2.45, 2.75) is 31.9 Å². The minimum Gasteiger partial charge on any atom is -0.460 e. The molecule has 3 aromatic rings. The van der Waals surface area contributed by atoms with Crippen LogP contribution in [-0.4, -0.2) is 45.3 Å². The maximum absolute atomic E-state index is 13.6. The molecular formula is C20H15F4N3O3. The van der Waals surface area contributed by atoms with Crippen molar-refractivity contribution in [3.63, 3.8) is 0 Å². The van der Waals surface area contributed by atoms with Gasteiger partial charge in [0.15, 0.2) is 5.76 Å². The number of hydrogen-bond acceptors (Lipinski definition) is 5. The highest BCUT2D eigenvalue weighted by Gasteiger charge is 2.53. The van der Waals surface area contributed by atoms with Crippen LogP contribution in [0.15, 0.2) is 52.0 Å². The summed E-state index contributed by atoms with van der Waals surface area (Å²) in [5.74, 6) is -0.239. The number of aromatic nitrogens is 1. The predicted octanol–water partition coefficient (Wildman–Crippen LogP) is 4.22. The van der Waals surface area contributed by atoms with Crippen molar-refractivity contribution in [2.75, 3.05) is 0 Å². The molecule has 10 heteroatoms. The molecule has 4 rings (SSSR count). The van der Waals surface area contributed by atoms with Gasteiger partial charge in [-0.2, -0.15) is 10.1 Å². The lowest BCUT2D eigenvalue weighted by Crippen LogP contribution is -2.51. The number of pyridine rings is 1. The Kier molecular flexibility index (Phi) is 4.81. The lowest BCUT2D eigenvalue weighted by molar-refractivity contribution is -0.164. The first-order valence-electron chi connectivity index (χ1n) is 8.88. The second-order valence-corrected chi connectivity index (χ2v) is 6.85. The van der Waals surface area contributed by atoms with Crippen LogP contribution in [0.2, 0.25) is 0 Å². The third kappa shape index (κ3) is 3.22. The van der Waals surface area contributed by atoms with Gasteiger partial charge in [-0.25, -0.2) is 22.5 Å². The highest BCUT2D eigenvalue weighted by atomic mass is 19.3. The topological polar surface area (TPSA) is 78.9 Å². The molecule has 1 N–H and O–H groups in total. The molecule has 1 amide bonds. The number of fused-ring (bicyclic) bond motifs is 1. The number of aliphatic hydroxyl groups is 1. The van der Waals surface area contributed by atoms with Gasteiger partial charge in [0.1, 0.15) is 17.2 Å². The molecule has 0 bridgehead atoms. The van der Waals surface area contributed by atoms with Crippen molar-refractivity contribution < 1.29 is 31.9 Å². The van der Waals surface area contributed by atoms with Gasteiger partial charge in [0.25, 0.3) is 18.8 Å². The molecule has 1 unspecified atom stereocenters. The van der Waals surface area contributed by atoms with Crippen LogP contribution in [-0.2, 0) is 0 Å². The molecule has 0 aliphatic carbocycles. The Morgan fingerprint density at radius 2 is 1.93 bits per heavy atom. The predicted molar refractivity (Wildman–Crippen MR) is 99.4 cm³/mol. The molecule has 1 aliphatic heterocycles. The van der Waals surface area contributed by atoms with Crippen LogP contribution in [0.5, 0.6) is 0 Å². The molecule has 0 saturated heterocycles. The zero-order valence-corrected chi connectivity index (χ0v) is 15.5. The quantitative estimate of drug-likeness (QED) is 0.640. The number of amides is 1. The van der Waals surface area contributed by atoms with Crippen LogP contribution in [0, 0.1) is 6.92 Å². The second kappa shape index (κ2) is 7.21. The van der Waals surface area contributed by atoms with E-state index in [-0.39, 0.29) is 21.7 Å². The number of carbonyl (C=O) groups excluding carboxylic acids is 1. The second-order valence-electron chi connectivity index (χ2n) is 6.85. The van der Waals surface area contributed by atoms with Crippen LogP contribution in [0.3, 0.4) is 0 Å². The number of rotatable bonds is 4. The molecule has 1 atom stereocenters. The molecule has 3 heterocycles. The highest BCUT2D eigenvalue weighted by molar-refractivity contribution is 6.08. The third-order valence-electron chi connectivity index (χ3n) is 4.77. The lowest BCUT2D eigenvalue weighted by atomic mass is 10.0. The highest BCUT2D eigenvalue weighted by Crippen LogP contribution is 2.36. The van der Waals surface area contributed by atoms with E-state index in [0.717, 1.165) is 0 Å². The van der Waals surface area contributed by atoms with E-state index < -0.39 is 36.6 Å². The molecule has 1 aromatic carbocycles. The van der Waals surface area contributed by atoms with E-state index >= 15 is 0 Å². The van der Waals surface area contributed by atoms with Crippen molar-refractivity contribution in [3.05, 3.63) is 53.8 Å². The normalized spacial score (nSPS) is 19.2. The third-order valence-corrected chi connectivity index (χ3v) is 4.77. The van der Waals surface area contributed by atoms with Gasteiger partial charge in [-0.15, -0.1) is 0 Å². The van der Waals surface area contributed by atoms with E-state index in [4.69, 9.17) is 4.42 Å². The van der Waals surface area contributed by atoms with Crippen molar-refractivity contribution in [3.8, 4) is 11.5 Å². The molecular weight excluding hydrogens is 406 g/mol. The first kappa shape index (κ1) is 20.0. The number of nitrogens with zero attached hydrogens (tertiary/aromatic N) is 3. The smallest absolute Gasteiger partial charge is 0.287 e. The lowest BCUT2D eigenvalue weighted by Gasteiger charge is -2.30. The summed E-state index contributed by atoms with van der Waals surface area (Å²) in [5, 5.41) is 14.0. The fraction of sp³-hybridized carbons (Fsp3) is 0.250. The Labute approximate surface area is 167 Å². The maximum Gasteiger partial charge on any atom is 0.287 e. The van der Waals surface area contributed by atoms with Gasteiger partial charge < -0.3 is 9.52 Å². The van der Waals surface area contributed by atoms with Gasteiger partial charge in [0.05, 0.1) is 11.1 Å². The van der Waals surface area contributed by atoms with Gasteiger partial charge in [-0.05, 0) is 31.2 Å². The monoisotopic (exact) mass is 421 g/mol. The van der Waals surface area contributed by atoms with E-state index in [1.165, 1.54) is 12.1 Å². The molecule has 0 fully saturated rings. The Hall–Kier alpha value is -3.27. The summed E-state index contributed by atoms with van der Waals surface area (Å²) in [5.41, 5.74) is -3.71. The van der Waals surface area contributed by atoms with Crippen LogP contribution in [0.25, 0.3) is 22.4 Å². The summed E-state index contributed by atoms with van der Waals surface area (Å²) in [6.07, 6.45) is -7.85. The van der Waals surface area contributed by atoms with Crippen LogP contribution in [0.1, 0.15) is 22.5 Å². The molecule has 6 nitrogen and oxygen atoms in total. The minimum atomic E-state index is -3.51. The standard InChI is InChI=1S/C20H15F4N3O3/c1-10-6-7-16(30-10)14-8-12(11-4-2-3-5-13(11)25-14)18(28)27-20(29,19(23)24)9-15(26-27)17(21)22/h2-8,17,19,29H,9H2,1H3. The molecule has 156 valence electrons. The number of furan rings is 1. The molecule has 1 aliphatic rings. The molecule has 0 radical (unpaired) electrons. The van der Waals surface area contributed by atoms with E-state index in [1.807, 2.05) is 0 Å². The number of aryl methyl sites for hydroxylation is 1. The first-order chi connectivity index (χ1) is 14.2. The SMILES string of the molecule is Cc1ccc(-c2cc(C(=O)N3N=C(C(F)F)CC3(O)C(F)F)c3ccccc3n2)o1. The summed E-state index contributed by atoms with van der Waals surface area (Å²) < 4.78 is 58.8. The zero-order chi connectivity index (χ0) is 21.6. The number of halogens is 4. The van der Waals surface area contributed by atoms with Gasteiger partial charge in [0, 0.05) is 11.8 Å². The minimum absolute atomic E-state index is 0.0398. The average molecular weight is 421 g/mol. The average Bonchev–Trinajstić information content (AvgIpc) is 3.31. The number of benzene rings is 1. The molecule has 2 aromatic heterocycles. The number of hydrogen-bond donors (Lipinski definition) is 1. The largest absolute Gasteiger partial charge is 0.460 e. The summed E-state index contributed by atoms with van der Waals surface area (Å²) in [4.78, 5) is 17.6. The first-order valence-corrected chi connectivity index (χ1v) is 8.88. The van der Waals surface area contributed by atoms with Gasteiger partial charge in [0.2, 0.25) is 5.72 Å². The van der Waals surface area contributed by atoms with Gasteiger partial charge in [-0.1, -0.05) is 18.2 Å². The van der Waals surface area contributed by atoms with E-state index in [2.05, 4.69) is 10.1 Å². The Morgan fingerprint density at radius 1 is 1.20 bits per heavy atom. The molecule has 0 spiro atoms. The summed E-state index contributed by atoms with van der Waals surface area (Å²) in [7, 11) is 0. The fourth-order valence-electron chi connectivity index (χ4n) is 3.27. The summed E-state index contributed by atoms with van der Waals surface area (Å²) >= 11 is 0. The molecule has 0 saturated carbocycles. The van der Waals surface area contributed by atoms with Crippen molar-refractivity contribution >= 4 is 22.5 Å².